The number of methoxy groups -OCH3 is 2. The van der Waals surface area contributed by atoms with Crippen molar-refractivity contribution in [3.8, 4) is 5.75 Å². The number of rotatable bonds is 6. The highest BCUT2D eigenvalue weighted by atomic mass is 16.5. The van der Waals surface area contributed by atoms with Crippen LogP contribution in [0.1, 0.15) is 5.56 Å². The van der Waals surface area contributed by atoms with Crippen LogP contribution in [0.25, 0.3) is 10.8 Å². The van der Waals surface area contributed by atoms with Crippen LogP contribution in [0.4, 0.5) is 0 Å². The Kier molecular flexibility index (Phi) is 4.77. The molecule has 102 valence electrons. The molecule has 2 aromatic carbocycles. The van der Waals surface area contributed by atoms with E-state index in [1.807, 2.05) is 6.07 Å². The van der Waals surface area contributed by atoms with Gasteiger partial charge in [0.15, 0.2) is 0 Å². The average molecular weight is 260 g/mol. The summed E-state index contributed by atoms with van der Waals surface area (Å²) in [5.41, 5.74) is 1.25. The quantitative estimate of drug-likeness (QED) is 0.798. The molecule has 0 heterocycles. The third-order valence-corrected chi connectivity index (χ3v) is 3.19. The summed E-state index contributed by atoms with van der Waals surface area (Å²) in [6.45, 7) is 3.12. The van der Waals surface area contributed by atoms with Crippen molar-refractivity contribution in [1.82, 2.24) is 0 Å². The Morgan fingerprint density at radius 1 is 1.05 bits per heavy atom. The highest BCUT2D eigenvalue weighted by molar-refractivity contribution is 5.86. The molecule has 1 unspecified atom stereocenters. The Morgan fingerprint density at radius 2 is 1.89 bits per heavy atom. The van der Waals surface area contributed by atoms with E-state index in [4.69, 9.17) is 14.2 Å². The molecule has 19 heavy (non-hydrogen) atoms. The Morgan fingerprint density at radius 3 is 2.63 bits per heavy atom. The van der Waals surface area contributed by atoms with Crippen molar-refractivity contribution < 1.29 is 14.2 Å². The highest BCUT2D eigenvalue weighted by Crippen LogP contribution is 2.23. The first-order chi connectivity index (χ1) is 9.24. The molecule has 0 aliphatic heterocycles. The molecule has 0 aromatic heterocycles. The van der Waals surface area contributed by atoms with Crippen molar-refractivity contribution in [1.29, 1.82) is 0 Å². The fourth-order valence-electron chi connectivity index (χ4n) is 2.06. The van der Waals surface area contributed by atoms with Crippen molar-refractivity contribution in [3.63, 3.8) is 0 Å². The highest BCUT2D eigenvalue weighted by Gasteiger charge is 2.08. The number of ether oxygens (including phenoxy) is 3. The molecule has 0 N–H and O–H groups in total. The standard InChI is InChI=1S/C16H20O3/c1-12-5-4-6-13-7-8-14(9-16(12)13)19-11-15(18-3)10-17-2/h4-9,15H,10-11H2,1-3H3. The second kappa shape index (κ2) is 6.55. The summed E-state index contributed by atoms with van der Waals surface area (Å²) in [7, 11) is 3.32. The molecular formula is C16H20O3. The van der Waals surface area contributed by atoms with Gasteiger partial charge in [0, 0.05) is 14.2 Å². The van der Waals surface area contributed by atoms with E-state index in [1.54, 1.807) is 14.2 Å². The summed E-state index contributed by atoms with van der Waals surface area (Å²) in [5, 5.41) is 2.45. The lowest BCUT2D eigenvalue weighted by molar-refractivity contribution is 0.000903. The van der Waals surface area contributed by atoms with Gasteiger partial charge in [-0.3, -0.25) is 0 Å². The van der Waals surface area contributed by atoms with Gasteiger partial charge < -0.3 is 14.2 Å². The Labute approximate surface area is 114 Å². The van der Waals surface area contributed by atoms with Crippen LogP contribution in [0.3, 0.4) is 0 Å². The molecule has 0 saturated heterocycles. The minimum atomic E-state index is -0.0439. The molecule has 3 nitrogen and oxygen atoms in total. The number of hydrogen-bond acceptors (Lipinski definition) is 3. The lowest BCUT2D eigenvalue weighted by Gasteiger charge is -2.15. The van der Waals surface area contributed by atoms with Crippen molar-refractivity contribution in [3.05, 3.63) is 42.0 Å². The predicted octanol–water partition coefficient (Wildman–Crippen LogP) is 3.19. The summed E-state index contributed by atoms with van der Waals surface area (Å²) >= 11 is 0. The van der Waals surface area contributed by atoms with Crippen LogP contribution >= 0.6 is 0 Å². The van der Waals surface area contributed by atoms with Crippen molar-refractivity contribution in [2.24, 2.45) is 0 Å². The van der Waals surface area contributed by atoms with Gasteiger partial charge in [-0.05, 0) is 35.4 Å². The molecule has 0 radical (unpaired) electrons. The average Bonchev–Trinajstić information content (AvgIpc) is 2.44. The second-order valence-electron chi connectivity index (χ2n) is 4.58. The van der Waals surface area contributed by atoms with Gasteiger partial charge in [0.1, 0.15) is 18.5 Å². The van der Waals surface area contributed by atoms with E-state index in [2.05, 4.69) is 37.3 Å². The van der Waals surface area contributed by atoms with Crippen LogP contribution in [0, 0.1) is 6.92 Å². The van der Waals surface area contributed by atoms with Gasteiger partial charge in [-0.15, -0.1) is 0 Å². The lowest BCUT2D eigenvalue weighted by Crippen LogP contribution is -2.25. The monoisotopic (exact) mass is 260 g/mol. The molecule has 0 saturated carbocycles. The third-order valence-electron chi connectivity index (χ3n) is 3.19. The van der Waals surface area contributed by atoms with E-state index in [-0.39, 0.29) is 6.10 Å². The molecule has 1 atom stereocenters. The summed E-state index contributed by atoms with van der Waals surface area (Å²) in [5.74, 6) is 0.861. The first-order valence-corrected chi connectivity index (χ1v) is 6.38. The maximum Gasteiger partial charge on any atom is 0.120 e. The number of aryl methyl sites for hydroxylation is 1. The largest absolute Gasteiger partial charge is 0.491 e. The topological polar surface area (TPSA) is 27.7 Å². The van der Waals surface area contributed by atoms with E-state index < -0.39 is 0 Å². The fourth-order valence-corrected chi connectivity index (χ4v) is 2.06. The molecular weight excluding hydrogens is 240 g/mol. The van der Waals surface area contributed by atoms with E-state index in [1.165, 1.54) is 16.3 Å². The van der Waals surface area contributed by atoms with Crippen LogP contribution in [0.2, 0.25) is 0 Å². The van der Waals surface area contributed by atoms with Crippen LogP contribution in [0.5, 0.6) is 5.75 Å². The third kappa shape index (κ3) is 3.46. The summed E-state index contributed by atoms with van der Waals surface area (Å²) in [6.07, 6.45) is -0.0439. The maximum absolute atomic E-state index is 5.77. The zero-order valence-corrected chi connectivity index (χ0v) is 11.7. The van der Waals surface area contributed by atoms with Crippen LogP contribution in [0.15, 0.2) is 36.4 Å². The van der Waals surface area contributed by atoms with Gasteiger partial charge in [0.2, 0.25) is 0 Å². The molecule has 0 fully saturated rings. The van der Waals surface area contributed by atoms with Crippen LogP contribution in [-0.2, 0) is 9.47 Å². The molecule has 0 aliphatic carbocycles. The van der Waals surface area contributed by atoms with Crippen molar-refractivity contribution >= 4 is 10.8 Å². The number of hydrogen-bond donors (Lipinski definition) is 0. The molecule has 2 rings (SSSR count). The minimum Gasteiger partial charge on any atom is -0.491 e. The molecule has 3 heteroatoms. The SMILES string of the molecule is COCC(COc1ccc2cccc(C)c2c1)OC. The zero-order chi connectivity index (χ0) is 13.7. The van der Waals surface area contributed by atoms with Crippen molar-refractivity contribution in [2.45, 2.75) is 13.0 Å². The zero-order valence-electron chi connectivity index (χ0n) is 11.7. The first-order valence-electron chi connectivity index (χ1n) is 6.38. The Hall–Kier alpha value is -1.58. The Balaban J connectivity index is 2.11. The van der Waals surface area contributed by atoms with E-state index >= 15 is 0 Å². The van der Waals surface area contributed by atoms with Gasteiger partial charge in [-0.1, -0.05) is 24.3 Å². The smallest absolute Gasteiger partial charge is 0.120 e. The van der Waals surface area contributed by atoms with Gasteiger partial charge in [-0.25, -0.2) is 0 Å². The van der Waals surface area contributed by atoms with Crippen LogP contribution in [-0.4, -0.2) is 33.5 Å². The van der Waals surface area contributed by atoms with Gasteiger partial charge in [-0.2, -0.15) is 0 Å². The van der Waals surface area contributed by atoms with Gasteiger partial charge in [0.25, 0.3) is 0 Å². The minimum absolute atomic E-state index is 0.0439. The second-order valence-corrected chi connectivity index (χ2v) is 4.58. The molecule has 0 amide bonds. The molecule has 0 aliphatic rings. The van der Waals surface area contributed by atoms with Gasteiger partial charge >= 0.3 is 0 Å². The maximum atomic E-state index is 5.77. The predicted molar refractivity (Wildman–Crippen MR) is 76.9 cm³/mol. The summed E-state index contributed by atoms with van der Waals surface area (Å²) in [6, 6.07) is 12.4. The lowest BCUT2D eigenvalue weighted by atomic mass is 10.1. The fraction of sp³-hybridized carbons (Fsp3) is 0.375. The summed E-state index contributed by atoms with van der Waals surface area (Å²) < 4.78 is 16.1. The first kappa shape index (κ1) is 13.8. The molecule has 0 bridgehead atoms. The van der Waals surface area contributed by atoms with E-state index in [9.17, 15) is 0 Å². The van der Waals surface area contributed by atoms with E-state index in [0.29, 0.717) is 13.2 Å². The normalized spacial score (nSPS) is 12.6. The van der Waals surface area contributed by atoms with Crippen molar-refractivity contribution in [2.75, 3.05) is 27.4 Å². The number of fused-ring (bicyclic) bond motifs is 1. The summed E-state index contributed by atoms with van der Waals surface area (Å²) in [4.78, 5) is 0. The Bertz CT molecular complexity index is 537. The molecule has 2 aromatic rings. The van der Waals surface area contributed by atoms with E-state index in [0.717, 1.165) is 5.75 Å². The van der Waals surface area contributed by atoms with Gasteiger partial charge in [0.05, 0.1) is 6.61 Å². The number of benzene rings is 2. The molecule has 0 spiro atoms. The van der Waals surface area contributed by atoms with Crippen LogP contribution < -0.4 is 4.74 Å².